The molecule has 144 valence electrons. The van der Waals surface area contributed by atoms with E-state index in [1.807, 2.05) is 19.2 Å². The van der Waals surface area contributed by atoms with Crippen LogP contribution in [0.25, 0.3) is 11.0 Å². The molecule has 28 heavy (non-hydrogen) atoms. The lowest BCUT2D eigenvalue weighted by Gasteiger charge is -2.34. The maximum absolute atomic E-state index is 12.8. The Morgan fingerprint density at radius 3 is 2.57 bits per heavy atom. The number of benzene rings is 1. The van der Waals surface area contributed by atoms with E-state index in [-0.39, 0.29) is 4.90 Å². The zero-order chi connectivity index (χ0) is 19.7. The molecule has 0 aliphatic carbocycles. The highest BCUT2D eigenvalue weighted by Gasteiger charge is 2.28. The van der Waals surface area contributed by atoms with Crippen LogP contribution in [0.3, 0.4) is 0 Å². The summed E-state index contributed by atoms with van der Waals surface area (Å²) in [5, 5.41) is 17.0. The van der Waals surface area contributed by atoms with Crippen LogP contribution in [0, 0.1) is 18.3 Å². The summed E-state index contributed by atoms with van der Waals surface area (Å²) < 4.78 is 27.1. The van der Waals surface area contributed by atoms with Crippen molar-refractivity contribution in [3.05, 3.63) is 53.3 Å². The van der Waals surface area contributed by atoms with Gasteiger partial charge >= 0.3 is 0 Å². The molecular formula is C19H20N6O2S. The van der Waals surface area contributed by atoms with E-state index < -0.39 is 10.0 Å². The molecule has 9 heteroatoms. The number of sulfonamides is 1. The van der Waals surface area contributed by atoms with Gasteiger partial charge in [-0.2, -0.15) is 14.7 Å². The van der Waals surface area contributed by atoms with E-state index >= 15 is 0 Å². The number of nitriles is 1. The second kappa shape index (κ2) is 7.31. The molecular weight excluding hydrogens is 376 g/mol. The average Bonchev–Trinajstić information content (AvgIpc) is 3.09. The van der Waals surface area contributed by atoms with Crippen molar-refractivity contribution in [3.63, 3.8) is 0 Å². The Kier molecular flexibility index (Phi) is 4.85. The van der Waals surface area contributed by atoms with Crippen LogP contribution >= 0.6 is 0 Å². The molecule has 8 nitrogen and oxygen atoms in total. The van der Waals surface area contributed by atoms with E-state index in [1.165, 1.54) is 28.6 Å². The van der Waals surface area contributed by atoms with Crippen molar-refractivity contribution >= 4 is 21.1 Å². The normalized spacial score (nSPS) is 16.3. The number of nitrogens with zero attached hydrogens (tertiary/aromatic N) is 5. The molecule has 0 spiro atoms. The first kappa shape index (κ1) is 18.6. The van der Waals surface area contributed by atoms with Crippen LogP contribution in [0.15, 0.2) is 41.4 Å². The lowest BCUT2D eigenvalue weighted by molar-refractivity contribution is 0.181. The van der Waals surface area contributed by atoms with E-state index in [1.54, 1.807) is 0 Å². The minimum Gasteiger partial charge on any atom is -0.296 e. The van der Waals surface area contributed by atoms with Gasteiger partial charge in [0.15, 0.2) is 5.65 Å². The summed E-state index contributed by atoms with van der Waals surface area (Å²) in [4.78, 5) is 6.83. The van der Waals surface area contributed by atoms with Gasteiger partial charge in [0, 0.05) is 50.0 Å². The number of piperazine rings is 1. The minimum atomic E-state index is -3.54. The van der Waals surface area contributed by atoms with E-state index in [0.717, 1.165) is 23.2 Å². The number of rotatable bonds is 4. The number of H-pyrrole nitrogens is 1. The average molecular weight is 396 g/mol. The van der Waals surface area contributed by atoms with Gasteiger partial charge in [0.1, 0.15) is 0 Å². The van der Waals surface area contributed by atoms with Gasteiger partial charge in [-0.3, -0.25) is 10.00 Å². The first-order valence-electron chi connectivity index (χ1n) is 8.99. The Bertz CT molecular complexity index is 1140. The highest BCUT2D eigenvalue weighted by molar-refractivity contribution is 7.89. The van der Waals surface area contributed by atoms with Crippen molar-refractivity contribution in [2.45, 2.75) is 18.4 Å². The highest BCUT2D eigenvalue weighted by Crippen LogP contribution is 2.20. The van der Waals surface area contributed by atoms with Crippen molar-refractivity contribution in [1.82, 2.24) is 24.4 Å². The molecule has 1 N–H and O–H groups in total. The van der Waals surface area contributed by atoms with Gasteiger partial charge < -0.3 is 0 Å². The first-order chi connectivity index (χ1) is 13.5. The lowest BCUT2D eigenvalue weighted by Crippen LogP contribution is -2.48. The molecule has 4 rings (SSSR count). The molecule has 2 aromatic heterocycles. The molecule has 0 atom stereocenters. The van der Waals surface area contributed by atoms with Crippen molar-refractivity contribution in [2.75, 3.05) is 26.2 Å². The number of hydrogen-bond acceptors (Lipinski definition) is 6. The van der Waals surface area contributed by atoms with Crippen LogP contribution in [0.2, 0.25) is 0 Å². The van der Waals surface area contributed by atoms with Crippen molar-refractivity contribution < 1.29 is 8.42 Å². The summed E-state index contributed by atoms with van der Waals surface area (Å²) in [5.74, 6) is 0. The predicted octanol–water partition coefficient (Wildman–Crippen LogP) is 1.64. The van der Waals surface area contributed by atoms with Gasteiger partial charge in [0.25, 0.3) is 0 Å². The fourth-order valence-corrected chi connectivity index (χ4v) is 4.81. The first-order valence-corrected chi connectivity index (χ1v) is 10.4. The summed E-state index contributed by atoms with van der Waals surface area (Å²) in [6, 6.07) is 10.1. The summed E-state index contributed by atoms with van der Waals surface area (Å²) in [6.07, 6.45) is 1.82. The second-order valence-corrected chi connectivity index (χ2v) is 8.82. The number of aromatic nitrogens is 3. The minimum absolute atomic E-state index is 0.227. The van der Waals surface area contributed by atoms with Gasteiger partial charge in [0.05, 0.1) is 16.5 Å². The summed E-state index contributed by atoms with van der Waals surface area (Å²) in [6.45, 7) is 4.85. The third kappa shape index (κ3) is 3.49. The number of aromatic amines is 1. The number of aryl methyl sites for hydroxylation is 1. The molecule has 3 aromatic rings. The van der Waals surface area contributed by atoms with Crippen LogP contribution < -0.4 is 0 Å². The number of pyridine rings is 1. The monoisotopic (exact) mass is 396 g/mol. The molecule has 1 aliphatic rings. The number of nitrogens with one attached hydrogen (secondary N) is 1. The fraction of sp³-hybridized carbons (Fsp3) is 0.316. The largest absolute Gasteiger partial charge is 0.296 e. The SMILES string of the molecule is Cc1[nH]nc2ncc(CN3CCN(S(=O)(=O)c4ccc(C#N)cc4)CC3)cc12. The lowest BCUT2D eigenvalue weighted by atomic mass is 10.2. The van der Waals surface area contributed by atoms with Gasteiger partial charge in [-0.15, -0.1) is 0 Å². The van der Waals surface area contributed by atoms with E-state index in [4.69, 9.17) is 5.26 Å². The van der Waals surface area contributed by atoms with Gasteiger partial charge in [0.2, 0.25) is 10.0 Å². The second-order valence-electron chi connectivity index (χ2n) is 6.88. The molecule has 0 unspecified atom stereocenters. The quantitative estimate of drug-likeness (QED) is 0.719. The van der Waals surface area contributed by atoms with Crippen LogP contribution in [0.1, 0.15) is 16.8 Å². The maximum atomic E-state index is 12.8. The van der Waals surface area contributed by atoms with Crippen LogP contribution in [-0.2, 0) is 16.6 Å². The van der Waals surface area contributed by atoms with Crippen molar-refractivity contribution in [1.29, 1.82) is 5.26 Å². The maximum Gasteiger partial charge on any atom is 0.243 e. The summed E-state index contributed by atoms with van der Waals surface area (Å²) >= 11 is 0. The van der Waals surface area contributed by atoms with Crippen LogP contribution in [0.4, 0.5) is 0 Å². The topological polar surface area (TPSA) is 106 Å². The Morgan fingerprint density at radius 1 is 1.18 bits per heavy atom. The third-order valence-corrected chi connectivity index (χ3v) is 6.93. The fourth-order valence-electron chi connectivity index (χ4n) is 3.39. The molecule has 1 fully saturated rings. The Balaban J connectivity index is 1.42. The molecule has 0 bridgehead atoms. The smallest absolute Gasteiger partial charge is 0.243 e. The highest BCUT2D eigenvalue weighted by atomic mass is 32.2. The zero-order valence-corrected chi connectivity index (χ0v) is 16.3. The Morgan fingerprint density at radius 2 is 1.89 bits per heavy atom. The van der Waals surface area contributed by atoms with E-state index in [0.29, 0.717) is 37.4 Å². The number of hydrogen-bond donors (Lipinski definition) is 1. The van der Waals surface area contributed by atoms with Crippen LogP contribution in [0.5, 0.6) is 0 Å². The predicted molar refractivity (Wildman–Crippen MR) is 104 cm³/mol. The molecule has 1 aliphatic heterocycles. The molecule has 1 aromatic carbocycles. The summed E-state index contributed by atoms with van der Waals surface area (Å²) in [7, 11) is -3.54. The van der Waals surface area contributed by atoms with Crippen molar-refractivity contribution in [3.8, 4) is 6.07 Å². The summed E-state index contributed by atoms with van der Waals surface area (Å²) in [5.41, 5.74) is 3.23. The standard InChI is InChI=1S/C19H20N6O2S/c1-14-18-10-16(12-21-19(18)23-22-14)13-24-6-8-25(9-7-24)28(26,27)17-4-2-15(11-20)3-5-17/h2-5,10,12H,6-9,13H2,1H3,(H,21,22,23). The number of fused-ring (bicyclic) bond motifs is 1. The van der Waals surface area contributed by atoms with Gasteiger partial charge in [-0.1, -0.05) is 0 Å². The molecule has 0 amide bonds. The Labute approximate surface area is 163 Å². The van der Waals surface area contributed by atoms with Crippen molar-refractivity contribution in [2.24, 2.45) is 0 Å². The third-order valence-electron chi connectivity index (χ3n) is 5.02. The molecule has 3 heterocycles. The van der Waals surface area contributed by atoms with E-state index in [2.05, 4.69) is 26.1 Å². The molecule has 0 radical (unpaired) electrons. The molecule has 0 saturated carbocycles. The van der Waals surface area contributed by atoms with E-state index in [9.17, 15) is 8.42 Å². The molecule has 1 saturated heterocycles. The van der Waals surface area contributed by atoms with Gasteiger partial charge in [-0.05, 0) is 42.8 Å². The Hall–Kier alpha value is -2.80. The zero-order valence-electron chi connectivity index (χ0n) is 15.5. The van der Waals surface area contributed by atoms with Gasteiger partial charge in [-0.25, -0.2) is 13.4 Å². The van der Waals surface area contributed by atoms with Crippen LogP contribution in [-0.4, -0.2) is 59.0 Å².